The van der Waals surface area contributed by atoms with Crippen LogP contribution < -0.4 is 14.2 Å². The molecule has 1 N–H and O–H groups in total. The van der Waals surface area contributed by atoms with Crippen LogP contribution in [0.1, 0.15) is 22.3 Å². The number of aromatic nitrogens is 1. The monoisotopic (exact) mass is 531 g/mol. The summed E-state index contributed by atoms with van der Waals surface area (Å²) in [7, 11) is -4.07. The number of benzene rings is 1. The van der Waals surface area contributed by atoms with Gasteiger partial charge in [0.2, 0.25) is 5.88 Å². The van der Waals surface area contributed by atoms with Crippen LogP contribution in [0.4, 0.5) is 17.6 Å². The van der Waals surface area contributed by atoms with Crippen molar-refractivity contribution < 1.29 is 40.2 Å². The van der Waals surface area contributed by atoms with E-state index in [0.29, 0.717) is 6.42 Å². The normalized spacial score (nSPS) is 14.5. The summed E-state index contributed by atoms with van der Waals surface area (Å²) >= 11 is 11.9. The third-order valence-corrected chi connectivity index (χ3v) is 6.42. The number of carbonyl (C=O) groups is 1. The topological polar surface area (TPSA) is 97.8 Å². The van der Waals surface area contributed by atoms with Crippen LogP contribution in [0.25, 0.3) is 0 Å². The van der Waals surface area contributed by atoms with Gasteiger partial charge in [-0.05, 0) is 18.6 Å². The fourth-order valence-corrected chi connectivity index (χ4v) is 4.18. The van der Waals surface area contributed by atoms with Crippen LogP contribution in [0, 0.1) is 5.82 Å². The SMILES string of the molecule is O=C(NS(=O)(=O)N1CCC1)c1cc(Cl)c(COc2cnc(OCC(F)(F)F)c(Cl)c2)cc1F. The van der Waals surface area contributed by atoms with Crippen LogP contribution in [0.3, 0.4) is 0 Å². The molecule has 0 unspecified atom stereocenters. The second kappa shape index (κ2) is 9.87. The van der Waals surface area contributed by atoms with Gasteiger partial charge in [-0.2, -0.15) is 25.9 Å². The number of hydrogen-bond acceptors (Lipinski definition) is 6. The van der Waals surface area contributed by atoms with E-state index < -0.39 is 46.2 Å². The largest absolute Gasteiger partial charge is 0.487 e. The molecule has 0 aliphatic carbocycles. The van der Waals surface area contributed by atoms with Crippen molar-refractivity contribution in [3.63, 3.8) is 0 Å². The molecule has 1 aliphatic heterocycles. The minimum absolute atomic E-state index is 0.0262. The minimum Gasteiger partial charge on any atom is -0.487 e. The van der Waals surface area contributed by atoms with Gasteiger partial charge in [-0.15, -0.1) is 0 Å². The van der Waals surface area contributed by atoms with Crippen molar-refractivity contribution in [3.8, 4) is 11.6 Å². The van der Waals surface area contributed by atoms with Crippen LogP contribution in [-0.2, 0) is 16.8 Å². The zero-order valence-electron chi connectivity index (χ0n) is 16.5. The maximum absolute atomic E-state index is 14.5. The standard InChI is InChI=1S/C18H15Cl2F4N3O5S/c19-13-6-12(16(28)26-33(29,30)27-2-1-3-27)15(21)4-10(13)8-31-11-5-14(20)17(25-7-11)32-9-18(22,23)24/h4-7H,1-3,8-9H2,(H,26,28). The van der Waals surface area contributed by atoms with Gasteiger partial charge in [0.25, 0.3) is 5.91 Å². The van der Waals surface area contributed by atoms with E-state index >= 15 is 0 Å². The average molecular weight is 532 g/mol. The fourth-order valence-electron chi connectivity index (χ4n) is 2.54. The zero-order chi connectivity index (χ0) is 24.4. The molecule has 1 saturated heterocycles. The Morgan fingerprint density at radius 2 is 1.85 bits per heavy atom. The van der Waals surface area contributed by atoms with Gasteiger partial charge in [0, 0.05) is 29.7 Å². The predicted octanol–water partition coefficient (Wildman–Crippen LogP) is 3.73. The molecule has 0 atom stereocenters. The maximum Gasteiger partial charge on any atom is 0.422 e. The first kappa shape index (κ1) is 25.3. The molecular formula is C18H15Cl2F4N3O5S. The van der Waals surface area contributed by atoms with E-state index in [9.17, 15) is 30.8 Å². The van der Waals surface area contributed by atoms with E-state index in [0.717, 1.165) is 28.7 Å². The van der Waals surface area contributed by atoms with E-state index in [4.69, 9.17) is 27.9 Å². The maximum atomic E-state index is 14.5. The summed E-state index contributed by atoms with van der Waals surface area (Å²) in [6, 6.07) is 2.99. The lowest BCUT2D eigenvalue weighted by molar-refractivity contribution is -0.154. The molecule has 15 heteroatoms. The van der Waals surface area contributed by atoms with E-state index in [1.807, 2.05) is 0 Å². The first-order valence-corrected chi connectivity index (χ1v) is 11.3. The van der Waals surface area contributed by atoms with E-state index in [1.54, 1.807) is 4.72 Å². The summed E-state index contributed by atoms with van der Waals surface area (Å²) in [5, 5.41) is -0.337. The number of ether oxygens (including phenoxy) is 2. The first-order valence-electron chi connectivity index (χ1n) is 9.14. The Morgan fingerprint density at radius 3 is 2.42 bits per heavy atom. The summed E-state index contributed by atoms with van der Waals surface area (Å²) in [4.78, 5) is 15.8. The van der Waals surface area contributed by atoms with Gasteiger partial charge < -0.3 is 9.47 Å². The number of hydrogen-bond donors (Lipinski definition) is 1. The quantitative estimate of drug-likeness (QED) is 0.521. The van der Waals surface area contributed by atoms with Gasteiger partial charge in [-0.25, -0.2) is 14.1 Å². The van der Waals surface area contributed by atoms with Crippen molar-refractivity contribution in [2.75, 3.05) is 19.7 Å². The highest BCUT2D eigenvalue weighted by Gasteiger charge is 2.31. The molecule has 0 saturated carbocycles. The molecule has 1 aromatic carbocycles. The average Bonchev–Trinajstić information content (AvgIpc) is 2.64. The van der Waals surface area contributed by atoms with Crippen LogP contribution in [0.5, 0.6) is 11.6 Å². The van der Waals surface area contributed by atoms with Crippen molar-refractivity contribution in [3.05, 3.63) is 51.4 Å². The van der Waals surface area contributed by atoms with Crippen molar-refractivity contribution in [1.29, 1.82) is 0 Å². The summed E-state index contributed by atoms with van der Waals surface area (Å²) in [5.74, 6) is -2.65. The molecule has 8 nitrogen and oxygen atoms in total. The Bertz CT molecular complexity index is 1160. The first-order chi connectivity index (χ1) is 15.4. The van der Waals surface area contributed by atoms with Crippen molar-refractivity contribution in [2.45, 2.75) is 19.2 Å². The molecule has 2 heterocycles. The van der Waals surface area contributed by atoms with Crippen molar-refractivity contribution in [2.24, 2.45) is 0 Å². The van der Waals surface area contributed by atoms with Gasteiger partial charge in [0.1, 0.15) is 23.2 Å². The number of rotatable bonds is 8. The highest BCUT2D eigenvalue weighted by Crippen LogP contribution is 2.29. The molecule has 0 bridgehead atoms. The predicted molar refractivity (Wildman–Crippen MR) is 109 cm³/mol. The smallest absolute Gasteiger partial charge is 0.422 e. The lowest BCUT2D eigenvalue weighted by Gasteiger charge is -2.29. The molecule has 1 aliphatic rings. The van der Waals surface area contributed by atoms with E-state index in [2.05, 4.69) is 9.72 Å². The van der Waals surface area contributed by atoms with E-state index in [1.165, 1.54) is 0 Å². The van der Waals surface area contributed by atoms with Gasteiger partial charge >= 0.3 is 16.4 Å². The minimum atomic E-state index is -4.57. The molecule has 1 fully saturated rings. The number of halogens is 6. The Labute approximate surface area is 195 Å². The third kappa shape index (κ3) is 6.59. The Balaban J connectivity index is 1.66. The number of carbonyl (C=O) groups excluding carboxylic acids is 1. The molecule has 180 valence electrons. The molecular weight excluding hydrogens is 517 g/mol. The third-order valence-electron chi connectivity index (χ3n) is 4.31. The van der Waals surface area contributed by atoms with E-state index in [-0.39, 0.29) is 41.1 Å². The van der Waals surface area contributed by atoms with Gasteiger partial charge in [0.05, 0.1) is 11.8 Å². The van der Waals surface area contributed by atoms with Crippen LogP contribution in [0.2, 0.25) is 10.0 Å². The number of nitrogens with one attached hydrogen (secondary N) is 1. The number of alkyl halides is 3. The summed E-state index contributed by atoms with van der Waals surface area (Å²) in [5.41, 5.74) is -0.478. The molecule has 2 aromatic rings. The van der Waals surface area contributed by atoms with Crippen molar-refractivity contribution >= 4 is 39.3 Å². The van der Waals surface area contributed by atoms with Gasteiger partial charge in [-0.3, -0.25) is 4.79 Å². The lowest BCUT2D eigenvalue weighted by atomic mass is 10.1. The van der Waals surface area contributed by atoms with Crippen LogP contribution >= 0.6 is 23.2 Å². The Morgan fingerprint density at radius 1 is 1.15 bits per heavy atom. The molecule has 0 radical (unpaired) electrons. The Hall–Kier alpha value is -2.35. The summed E-state index contributed by atoms with van der Waals surface area (Å²) in [6.07, 6.45) is -2.86. The zero-order valence-corrected chi connectivity index (χ0v) is 18.8. The van der Waals surface area contributed by atoms with Gasteiger partial charge in [0.15, 0.2) is 6.61 Å². The molecule has 1 aromatic heterocycles. The second-order valence-corrected chi connectivity index (χ2v) is 9.25. The van der Waals surface area contributed by atoms with Gasteiger partial charge in [-0.1, -0.05) is 23.2 Å². The summed E-state index contributed by atoms with van der Waals surface area (Å²) in [6.45, 7) is -1.37. The fraction of sp³-hybridized carbons (Fsp3) is 0.333. The van der Waals surface area contributed by atoms with Crippen LogP contribution in [0.15, 0.2) is 24.4 Å². The molecule has 3 rings (SSSR count). The number of nitrogens with zero attached hydrogens (tertiary/aromatic N) is 2. The van der Waals surface area contributed by atoms with Crippen molar-refractivity contribution in [1.82, 2.24) is 14.0 Å². The summed E-state index contributed by atoms with van der Waals surface area (Å²) < 4.78 is 87.8. The molecule has 1 amide bonds. The highest BCUT2D eigenvalue weighted by atomic mass is 35.5. The molecule has 33 heavy (non-hydrogen) atoms. The highest BCUT2D eigenvalue weighted by molar-refractivity contribution is 7.87. The van der Waals surface area contributed by atoms with Crippen LogP contribution in [-0.4, -0.2) is 49.5 Å². The molecule has 0 spiro atoms. The Kier molecular flexibility index (Phi) is 7.56. The number of pyridine rings is 1. The lowest BCUT2D eigenvalue weighted by Crippen LogP contribution is -2.49. The second-order valence-electron chi connectivity index (χ2n) is 6.76. The number of amides is 1.